The molecule has 2 aromatic carbocycles. The average molecular weight is 236 g/mol. The van der Waals surface area contributed by atoms with Gasteiger partial charge in [0.2, 0.25) is 0 Å². The molecule has 0 radical (unpaired) electrons. The molecule has 0 fully saturated rings. The minimum Gasteiger partial charge on any atom is -0.353 e. The molecule has 2 aliphatic heterocycles. The van der Waals surface area contributed by atoms with E-state index in [1.165, 1.54) is 6.07 Å². The Labute approximate surface area is 102 Å². The van der Waals surface area contributed by atoms with Gasteiger partial charge in [0.1, 0.15) is 5.82 Å². The molecule has 2 aromatic rings. The van der Waals surface area contributed by atoms with Gasteiger partial charge in [-0.1, -0.05) is 24.3 Å². The van der Waals surface area contributed by atoms with Gasteiger partial charge in [0.15, 0.2) is 0 Å². The van der Waals surface area contributed by atoms with Crippen LogP contribution in [0.3, 0.4) is 0 Å². The van der Waals surface area contributed by atoms with Crippen molar-refractivity contribution in [1.29, 1.82) is 0 Å². The molecule has 18 heavy (non-hydrogen) atoms. The minimum absolute atomic E-state index is 0.224. The molecule has 0 saturated carbocycles. The quantitative estimate of drug-likeness (QED) is 0.492. The highest BCUT2D eigenvalue weighted by Crippen LogP contribution is 2.32. The highest BCUT2D eigenvalue weighted by Gasteiger charge is 2.13. The molecule has 1 N–H and O–H groups in total. The lowest BCUT2D eigenvalue weighted by molar-refractivity contribution is 0.639. The molecule has 0 aliphatic carbocycles. The van der Waals surface area contributed by atoms with Crippen LogP contribution in [0.4, 0.5) is 4.39 Å². The van der Waals surface area contributed by atoms with Crippen molar-refractivity contribution in [3.05, 3.63) is 54.3 Å². The molecule has 2 aliphatic rings. The van der Waals surface area contributed by atoms with E-state index in [1.807, 2.05) is 30.3 Å². The molecule has 3 heteroatoms. The summed E-state index contributed by atoms with van der Waals surface area (Å²) in [5.74, 6) is -0.224. The van der Waals surface area contributed by atoms with E-state index in [0.717, 1.165) is 27.8 Å². The fraction of sp³-hybridized carbons (Fsp3) is 0. The summed E-state index contributed by atoms with van der Waals surface area (Å²) < 4.78 is 13.7. The highest BCUT2D eigenvalue weighted by atomic mass is 19.1. The first-order chi connectivity index (χ1) is 8.83. The summed E-state index contributed by atoms with van der Waals surface area (Å²) in [4.78, 5) is 7.78. The van der Waals surface area contributed by atoms with Gasteiger partial charge >= 0.3 is 0 Å². The smallest absolute Gasteiger partial charge is 0.132 e. The third-order valence-electron chi connectivity index (χ3n) is 3.26. The first kappa shape index (κ1) is 9.59. The van der Waals surface area contributed by atoms with E-state index in [4.69, 9.17) is 0 Å². The lowest BCUT2D eigenvalue weighted by atomic mass is 10.1. The largest absolute Gasteiger partial charge is 0.353 e. The molecule has 0 amide bonds. The van der Waals surface area contributed by atoms with Crippen LogP contribution in [0.2, 0.25) is 0 Å². The van der Waals surface area contributed by atoms with E-state index in [1.54, 1.807) is 12.1 Å². The standard InChI is InChI=1S/C15H9FN2/c16-11-5-3-7-13-10(11)8-14-15(18-13)9-4-1-2-6-12(9)17-14/h1-8,18H. The fourth-order valence-corrected chi connectivity index (χ4v) is 2.41. The van der Waals surface area contributed by atoms with Gasteiger partial charge in [-0.05, 0) is 24.3 Å². The van der Waals surface area contributed by atoms with E-state index in [-0.39, 0.29) is 5.82 Å². The van der Waals surface area contributed by atoms with E-state index in [0.29, 0.717) is 5.39 Å². The number of aromatic amines is 1. The van der Waals surface area contributed by atoms with E-state index >= 15 is 0 Å². The number of hydrogen-bond acceptors (Lipinski definition) is 1. The number of fused-ring (bicyclic) bond motifs is 4. The molecule has 2 nitrogen and oxygen atoms in total. The minimum atomic E-state index is -0.224. The number of nitrogens with zero attached hydrogens (tertiary/aromatic N) is 1. The third kappa shape index (κ3) is 1.19. The van der Waals surface area contributed by atoms with Crippen LogP contribution in [-0.4, -0.2) is 9.97 Å². The Balaban J connectivity index is 2.24. The van der Waals surface area contributed by atoms with Gasteiger partial charge in [-0.25, -0.2) is 9.37 Å². The second-order valence-electron chi connectivity index (χ2n) is 4.36. The van der Waals surface area contributed by atoms with Crippen molar-refractivity contribution in [1.82, 2.24) is 9.97 Å². The van der Waals surface area contributed by atoms with Crippen LogP contribution in [0.25, 0.3) is 33.2 Å². The summed E-state index contributed by atoms with van der Waals surface area (Å²) in [7, 11) is 0. The molecule has 0 spiro atoms. The maximum absolute atomic E-state index is 13.7. The normalized spacial score (nSPS) is 11.6. The Kier molecular flexibility index (Phi) is 1.75. The molecule has 0 unspecified atom stereocenters. The van der Waals surface area contributed by atoms with Crippen molar-refractivity contribution < 1.29 is 4.39 Å². The number of benzene rings is 2. The summed E-state index contributed by atoms with van der Waals surface area (Å²) in [6, 6.07) is 14.8. The predicted octanol–water partition coefficient (Wildman–Crippen LogP) is 3.96. The summed E-state index contributed by atoms with van der Waals surface area (Å²) in [5.41, 5.74) is 3.48. The zero-order chi connectivity index (χ0) is 12.1. The number of H-pyrrole nitrogens is 1. The van der Waals surface area contributed by atoms with Crippen LogP contribution in [0.1, 0.15) is 0 Å². The van der Waals surface area contributed by atoms with Gasteiger partial charge in [-0.2, -0.15) is 0 Å². The van der Waals surface area contributed by atoms with E-state index < -0.39 is 0 Å². The maximum atomic E-state index is 13.7. The molecule has 4 rings (SSSR count). The van der Waals surface area contributed by atoms with Crippen LogP contribution < -0.4 is 0 Å². The summed E-state index contributed by atoms with van der Waals surface area (Å²) >= 11 is 0. The number of nitrogens with one attached hydrogen (secondary N) is 1. The lowest BCUT2D eigenvalue weighted by Crippen LogP contribution is -1.88. The van der Waals surface area contributed by atoms with E-state index in [2.05, 4.69) is 9.97 Å². The summed E-state index contributed by atoms with van der Waals surface area (Å²) in [6.45, 7) is 0. The number of aromatic nitrogens is 2. The van der Waals surface area contributed by atoms with Gasteiger partial charge in [0, 0.05) is 16.3 Å². The molecule has 0 saturated heterocycles. The van der Waals surface area contributed by atoms with Crippen molar-refractivity contribution in [3.8, 4) is 11.4 Å². The SMILES string of the molecule is Fc1cccc2[nH]c3c4ccccc4nc-3cc12. The van der Waals surface area contributed by atoms with Gasteiger partial charge in [0.05, 0.1) is 16.9 Å². The average Bonchev–Trinajstić information content (AvgIpc) is 2.75. The molecule has 0 aromatic heterocycles. The van der Waals surface area contributed by atoms with Crippen molar-refractivity contribution in [2.75, 3.05) is 0 Å². The van der Waals surface area contributed by atoms with Crippen LogP contribution in [0, 0.1) is 5.82 Å². The van der Waals surface area contributed by atoms with Crippen LogP contribution in [0.15, 0.2) is 48.5 Å². The number of halogens is 1. The zero-order valence-corrected chi connectivity index (χ0v) is 9.44. The zero-order valence-electron chi connectivity index (χ0n) is 9.44. The van der Waals surface area contributed by atoms with E-state index in [9.17, 15) is 4.39 Å². The van der Waals surface area contributed by atoms with Crippen molar-refractivity contribution >= 4 is 21.8 Å². The Bertz CT molecular complexity index is 848. The highest BCUT2D eigenvalue weighted by molar-refractivity contribution is 5.99. The van der Waals surface area contributed by atoms with Gasteiger partial charge in [-0.3, -0.25) is 0 Å². The van der Waals surface area contributed by atoms with Crippen LogP contribution >= 0.6 is 0 Å². The molecule has 2 heterocycles. The number of hydrogen-bond donors (Lipinski definition) is 1. The first-order valence-electron chi connectivity index (χ1n) is 5.78. The first-order valence-corrected chi connectivity index (χ1v) is 5.78. The topological polar surface area (TPSA) is 28.7 Å². The van der Waals surface area contributed by atoms with Crippen LogP contribution in [0.5, 0.6) is 0 Å². The second-order valence-corrected chi connectivity index (χ2v) is 4.36. The molecule has 0 bridgehead atoms. The monoisotopic (exact) mass is 236 g/mol. The summed E-state index contributed by atoms with van der Waals surface area (Å²) in [6.07, 6.45) is 0. The number of para-hydroxylation sites is 1. The number of pyridine rings is 1. The van der Waals surface area contributed by atoms with Crippen molar-refractivity contribution in [2.24, 2.45) is 0 Å². The van der Waals surface area contributed by atoms with Gasteiger partial charge in [-0.15, -0.1) is 0 Å². The molecular formula is C15H9FN2. The van der Waals surface area contributed by atoms with Crippen LogP contribution in [-0.2, 0) is 0 Å². The third-order valence-corrected chi connectivity index (χ3v) is 3.26. The fourth-order valence-electron chi connectivity index (χ4n) is 2.41. The Morgan fingerprint density at radius 3 is 2.78 bits per heavy atom. The Morgan fingerprint density at radius 1 is 0.944 bits per heavy atom. The maximum Gasteiger partial charge on any atom is 0.132 e. The Hall–Kier alpha value is -2.42. The lowest BCUT2D eigenvalue weighted by Gasteiger charge is -2.04. The predicted molar refractivity (Wildman–Crippen MR) is 70.2 cm³/mol. The van der Waals surface area contributed by atoms with Gasteiger partial charge in [0.25, 0.3) is 0 Å². The molecular weight excluding hydrogens is 227 g/mol. The van der Waals surface area contributed by atoms with Crippen molar-refractivity contribution in [2.45, 2.75) is 0 Å². The second kappa shape index (κ2) is 3.29. The molecule has 86 valence electrons. The van der Waals surface area contributed by atoms with Gasteiger partial charge < -0.3 is 4.98 Å². The summed E-state index contributed by atoms with van der Waals surface area (Å²) in [5, 5.41) is 1.64. The van der Waals surface area contributed by atoms with Crippen molar-refractivity contribution in [3.63, 3.8) is 0 Å². The Morgan fingerprint density at radius 2 is 1.83 bits per heavy atom. The number of rotatable bonds is 0. The molecule has 0 atom stereocenters.